The molecule has 3 atom stereocenters. The van der Waals surface area contributed by atoms with Gasteiger partial charge in [-0.1, -0.05) is 0 Å². The van der Waals surface area contributed by atoms with Gasteiger partial charge in [0.05, 0.1) is 0 Å². The number of aryl methyl sites for hydroxylation is 1. The first-order valence-electron chi connectivity index (χ1n) is 16.2. The van der Waals surface area contributed by atoms with Crippen molar-refractivity contribution < 1.29 is 15.6 Å². The van der Waals surface area contributed by atoms with Crippen molar-refractivity contribution in [3.63, 3.8) is 0 Å². The molecule has 0 radical (unpaired) electrons. The van der Waals surface area contributed by atoms with Crippen LogP contribution in [0.1, 0.15) is 61.3 Å². The molecule has 4 heteroatoms. The number of benzene rings is 4. The van der Waals surface area contributed by atoms with Crippen LogP contribution in [0.5, 0.6) is 0 Å². The van der Waals surface area contributed by atoms with Crippen LogP contribution in [0, 0.1) is 12.8 Å². The second-order valence-corrected chi connectivity index (χ2v) is 56.1. The number of allylic oxidation sites excluding steroid dienone is 4. The van der Waals surface area contributed by atoms with Crippen molar-refractivity contribution in [2.75, 3.05) is 0 Å². The zero-order chi connectivity index (χ0) is 30.7. The number of rotatable bonds is 6. The summed E-state index contributed by atoms with van der Waals surface area (Å²) in [6, 6.07) is 33.2. The van der Waals surface area contributed by atoms with E-state index in [4.69, 9.17) is 17.0 Å². The molecule has 0 spiro atoms. The van der Waals surface area contributed by atoms with E-state index in [0.29, 0.717) is 5.92 Å². The Hall–Kier alpha value is -2.22. The van der Waals surface area contributed by atoms with Crippen LogP contribution in [-0.2, 0) is 15.6 Å². The van der Waals surface area contributed by atoms with E-state index in [1.165, 1.54) is 67.6 Å². The van der Waals surface area contributed by atoms with E-state index in [2.05, 4.69) is 142 Å². The van der Waals surface area contributed by atoms with Crippen LogP contribution in [0.15, 0.2) is 114 Å². The van der Waals surface area contributed by atoms with Crippen molar-refractivity contribution in [2.24, 2.45) is 5.92 Å². The summed E-state index contributed by atoms with van der Waals surface area (Å²) in [6.07, 6.45) is 13.1. The Kier molecular flexibility index (Phi) is 7.98. The molecule has 4 aromatic carbocycles. The predicted octanol–water partition coefficient (Wildman–Crippen LogP) is 12.3. The fourth-order valence-electron chi connectivity index (χ4n) is 8.60. The molecule has 223 valence electrons. The van der Waals surface area contributed by atoms with Crippen LogP contribution in [-0.4, -0.2) is 5.92 Å². The van der Waals surface area contributed by atoms with Crippen LogP contribution >= 0.6 is 17.0 Å². The third kappa shape index (κ3) is 4.70. The summed E-state index contributed by atoms with van der Waals surface area (Å²) >= 11 is -4.84. The molecule has 3 unspecified atom stereocenters. The van der Waals surface area contributed by atoms with Gasteiger partial charge in [-0.15, -0.1) is 0 Å². The number of halogens is 2. The third-order valence-corrected chi connectivity index (χ3v) is 62.7. The number of hydrogen-bond donors (Lipinski definition) is 0. The molecule has 0 N–H and O–H groups in total. The molecule has 0 bridgehead atoms. The first-order chi connectivity index (χ1) is 21.2. The summed E-state index contributed by atoms with van der Waals surface area (Å²) in [5.41, 5.74) is 14.7. The summed E-state index contributed by atoms with van der Waals surface area (Å²) in [6.45, 7) is 9.52. The predicted molar refractivity (Wildman–Crippen MR) is 193 cm³/mol. The molecule has 0 saturated carbocycles. The standard InChI is InChI=1S/C21H19.C17H15.C2H7Si.2ClH.Zr/c1-3-8-16(9-4-1)19-14-18-12-7-13-20(21(18)15-19)17-10-5-2-6-11-17;1-12-10-16-13(2)8-9-15(17(16)11-12)14-6-4-3-5-7-14;1-3-2;;;/h1-3,5-7,10-16H,4,8-9H2;3-11H,1-2H3;3H,1-2H3;2*1H;/q;;;;;+2/p-2. The molecule has 0 aliphatic heterocycles. The molecule has 0 amide bonds. The van der Waals surface area contributed by atoms with Crippen molar-refractivity contribution in [2.45, 2.75) is 53.5 Å². The molecule has 0 saturated heterocycles. The maximum absolute atomic E-state index is 8.71. The first-order valence-corrected chi connectivity index (χ1v) is 32.5. The van der Waals surface area contributed by atoms with Gasteiger partial charge in [0.1, 0.15) is 0 Å². The van der Waals surface area contributed by atoms with Gasteiger partial charge in [-0.3, -0.25) is 0 Å². The van der Waals surface area contributed by atoms with Gasteiger partial charge in [0, 0.05) is 0 Å². The third-order valence-electron chi connectivity index (χ3n) is 10.8. The van der Waals surface area contributed by atoms with Gasteiger partial charge in [0.2, 0.25) is 0 Å². The van der Waals surface area contributed by atoms with Crippen molar-refractivity contribution in [1.29, 1.82) is 0 Å². The zero-order valence-electron chi connectivity index (χ0n) is 26.2. The van der Waals surface area contributed by atoms with Gasteiger partial charge in [-0.05, 0) is 0 Å². The Morgan fingerprint density at radius 1 is 0.682 bits per heavy atom. The van der Waals surface area contributed by atoms with E-state index in [-0.39, 0.29) is 7.25 Å². The quantitative estimate of drug-likeness (QED) is 0.138. The summed E-state index contributed by atoms with van der Waals surface area (Å²) in [7, 11) is 17.4. The van der Waals surface area contributed by atoms with Crippen molar-refractivity contribution in [3.05, 3.63) is 142 Å². The maximum atomic E-state index is 8.71. The first kappa shape index (κ1) is 30.4. The van der Waals surface area contributed by atoms with Crippen LogP contribution < -0.4 is 0 Å². The average Bonchev–Trinajstić information content (AvgIpc) is 3.62. The van der Waals surface area contributed by atoms with Crippen molar-refractivity contribution >= 4 is 35.1 Å². The van der Waals surface area contributed by atoms with Gasteiger partial charge in [0.25, 0.3) is 0 Å². The van der Waals surface area contributed by atoms with E-state index in [9.17, 15) is 0 Å². The van der Waals surface area contributed by atoms with E-state index < -0.39 is 21.5 Å². The Labute approximate surface area is 272 Å². The average molecular weight is 712 g/mol. The molecular formula is C40H41Cl2SiZr. The zero-order valence-corrected chi connectivity index (χ0v) is 31.3. The second-order valence-electron chi connectivity index (χ2n) is 13.6. The molecule has 3 aliphatic carbocycles. The van der Waals surface area contributed by atoms with E-state index in [1.807, 2.05) is 0 Å². The molecule has 0 nitrogen and oxygen atoms in total. The Morgan fingerprint density at radius 3 is 1.95 bits per heavy atom. The van der Waals surface area contributed by atoms with Gasteiger partial charge in [0.15, 0.2) is 0 Å². The van der Waals surface area contributed by atoms with Crippen LogP contribution in [0.2, 0.25) is 13.1 Å². The molecule has 44 heavy (non-hydrogen) atoms. The Morgan fingerprint density at radius 2 is 1.34 bits per heavy atom. The second kappa shape index (κ2) is 11.5. The minimum atomic E-state index is -4.84. The summed E-state index contributed by atoms with van der Waals surface area (Å²) in [4.78, 5) is 0. The van der Waals surface area contributed by atoms with Crippen molar-refractivity contribution in [3.8, 4) is 22.3 Å². The minimum absolute atomic E-state index is 0.101. The fraction of sp³-hybridized carbons (Fsp3) is 0.250. The topological polar surface area (TPSA) is 0 Å². The normalized spacial score (nSPS) is 21.8. The van der Waals surface area contributed by atoms with E-state index >= 15 is 0 Å². The van der Waals surface area contributed by atoms with Gasteiger partial charge in [-0.25, -0.2) is 0 Å². The Bertz CT molecular complexity index is 1830. The summed E-state index contributed by atoms with van der Waals surface area (Å²) in [5.74, 6) is -1.16. The van der Waals surface area contributed by atoms with Gasteiger partial charge >= 0.3 is 274 Å². The van der Waals surface area contributed by atoms with Crippen LogP contribution in [0.4, 0.5) is 0 Å². The molecule has 3 aliphatic rings. The van der Waals surface area contributed by atoms with E-state index in [0.717, 1.165) is 12.8 Å². The van der Waals surface area contributed by atoms with Gasteiger partial charge in [-0.2, -0.15) is 0 Å². The van der Waals surface area contributed by atoms with Crippen molar-refractivity contribution in [1.82, 2.24) is 0 Å². The summed E-state index contributed by atoms with van der Waals surface area (Å²) in [5, 5.41) is 0. The monoisotopic (exact) mass is 709 g/mol. The molecule has 0 aromatic heterocycles. The number of hydrogen-bond acceptors (Lipinski definition) is 0. The SMILES string of the molecule is CC1=Cc2c(-c3ccccc3)ccc(C)c2[CH]1[Zr]([Cl])([Cl])([CH]1C(C2CC=CCC2)=Cc2c(-c3ccccc3)cccc21)[SiH](C)C. The fourth-order valence-corrected chi connectivity index (χ4v) is 40.6. The molecule has 0 fully saturated rings. The van der Waals surface area contributed by atoms with Crippen LogP contribution in [0.3, 0.4) is 0 Å². The molecule has 7 rings (SSSR count). The summed E-state index contributed by atoms with van der Waals surface area (Å²) < 4.78 is 0.213. The molecule has 4 aromatic rings. The number of fused-ring (bicyclic) bond motifs is 2. The van der Waals surface area contributed by atoms with E-state index in [1.54, 1.807) is 0 Å². The molecule has 0 heterocycles. The molecular weight excluding hydrogens is 671 g/mol. The van der Waals surface area contributed by atoms with Gasteiger partial charge < -0.3 is 0 Å². The van der Waals surface area contributed by atoms with Crippen LogP contribution in [0.25, 0.3) is 34.4 Å². The Balaban J connectivity index is 1.48.